The number of nitrogens with zero attached hydrogens (tertiary/aromatic N) is 2. The standard InChI is InChI=1S/C37H43N3O7S/c1-7-38-37(42)33(22-28-12-9-8-10-13-28)39(24-29-14-11-15-31(21-29)45-4)36(41)25-40(30-19-26(2)18-27(3)20-30)48(43,44)32-16-17-34(46-5)35(23-32)47-6/h8-21,23,33H,7,22,24-25H2,1-6H3,(H,38,42)/t33-/m0/s1. The average molecular weight is 674 g/mol. The van der Waals surface area contributed by atoms with Crippen LogP contribution < -0.4 is 23.8 Å². The number of nitrogens with one attached hydrogen (secondary N) is 1. The van der Waals surface area contributed by atoms with Crippen LogP contribution in [0, 0.1) is 13.8 Å². The number of methoxy groups -OCH3 is 3. The molecule has 0 heterocycles. The van der Waals surface area contributed by atoms with E-state index in [2.05, 4.69) is 5.32 Å². The van der Waals surface area contributed by atoms with Crippen LogP contribution >= 0.6 is 0 Å². The minimum Gasteiger partial charge on any atom is -0.497 e. The first-order chi connectivity index (χ1) is 23.0. The number of anilines is 1. The lowest BCUT2D eigenvalue weighted by atomic mass is 10.0. The second-order valence-electron chi connectivity index (χ2n) is 11.3. The molecule has 2 amide bonds. The fourth-order valence-corrected chi connectivity index (χ4v) is 6.95. The van der Waals surface area contributed by atoms with E-state index in [1.165, 1.54) is 37.3 Å². The van der Waals surface area contributed by atoms with Gasteiger partial charge in [-0.15, -0.1) is 0 Å². The Balaban J connectivity index is 1.85. The van der Waals surface area contributed by atoms with Crippen LogP contribution in [-0.4, -0.2) is 65.6 Å². The lowest BCUT2D eigenvalue weighted by molar-refractivity contribution is -0.140. The van der Waals surface area contributed by atoms with E-state index in [0.717, 1.165) is 21.0 Å². The first kappa shape index (κ1) is 35.8. The Hall–Kier alpha value is -5.03. The fourth-order valence-electron chi connectivity index (χ4n) is 5.54. The third kappa shape index (κ3) is 8.65. The topological polar surface area (TPSA) is 114 Å². The van der Waals surface area contributed by atoms with E-state index in [0.29, 0.717) is 29.3 Å². The van der Waals surface area contributed by atoms with Crippen molar-refractivity contribution in [2.75, 3.05) is 38.7 Å². The molecule has 0 aliphatic carbocycles. The predicted molar refractivity (Wildman–Crippen MR) is 186 cm³/mol. The van der Waals surface area contributed by atoms with Crippen LogP contribution in [-0.2, 0) is 32.6 Å². The molecule has 1 atom stereocenters. The molecular weight excluding hydrogens is 630 g/mol. The van der Waals surface area contributed by atoms with E-state index in [1.807, 2.05) is 63.2 Å². The maximum Gasteiger partial charge on any atom is 0.264 e. The number of carbonyl (C=O) groups is 2. The van der Waals surface area contributed by atoms with E-state index < -0.39 is 28.5 Å². The number of benzene rings is 4. The van der Waals surface area contributed by atoms with Gasteiger partial charge in [-0.25, -0.2) is 8.42 Å². The van der Waals surface area contributed by atoms with Gasteiger partial charge in [0, 0.05) is 25.6 Å². The molecule has 10 nitrogen and oxygen atoms in total. The molecular formula is C37H43N3O7S. The number of ether oxygens (including phenoxy) is 3. The summed E-state index contributed by atoms with van der Waals surface area (Å²) in [6.07, 6.45) is 0.217. The third-order valence-electron chi connectivity index (χ3n) is 7.83. The van der Waals surface area contributed by atoms with Crippen molar-refractivity contribution in [3.8, 4) is 17.2 Å². The summed E-state index contributed by atoms with van der Waals surface area (Å²) in [5.41, 5.74) is 3.52. The molecule has 254 valence electrons. The molecule has 4 aromatic rings. The van der Waals surface area contributed by atoms with Crippen LogP contribution in [0.3, 0.4) is 0 Å². The van der Waals surface area contributed by atoms with Gasteiger partial charge in [0.15, 0.2) is 11.5 Å². The van der Waals surface area contributed by atoms with E-state index in [4.69, 9.17) is 14.2 Å². The van der Waals surface area contributed by atoms with E-state index in [9.17, 15) is 18.0 Å². The molecule has 0 bridgehead atoms. The van der Waals surface area contributed by atoms with Crippen LogP contribution in [0.15, 0.2) is 95.9 Å². The first-order valence-corrected chi connectivity index (χ1v) is 17.0. The molecule has 0 aliphatic rings. The Morgan fingerprint density at radius 2 is 1.44 bits per heavy atom. The van der Waals surface area contributed by atoms with E-state index in [1.54, 1.807) is 37.4 Å². The number of amides is 2. The van der Waals surface area contributed by atoms with Gasteiger partial charge in [0.1, 0.15) is 18.3 Å². The number of sulfonamides is 1. The molecule has 11 heteroatoms. The maximum atomic E-state index is 14.7. The molecule has 48 heavy (non-hydrogen) atoms. The predicted octanol–water partition coefficient (Wildman–Crippen LogP) is 5.30. The summed E-state index contributed by atoms with van der Waals surface area (Å²) >= 11 is 0. The Bertz CT molecular complexity index is 1810. The van der Waals surface area contributed by atoms with Gasteiger partial charge in [-0.2, -0.15) is 0 Å². The zero-order chi connectivity index (χ0) is 34.8. The smallest absolute Gasteiger partial charge is 0.264 e. The van der Waals surface area contributed by atoms with E-state index >= 15 is 0 Å². The lowest BCUT2D eigenvalue weighted by Gasteiger charge is -2.34. The number of aryl methyl sites for hydroxylation is 2. The molecule has 1 N–H and O–H groups in total. The summed E-state index contributed by atoms with van der Waals surface area (Å²) in [7, 11) is 0.0917. The summed E-state index contributed by atoms with van der Waals surface area (Å²) in [5.74, 6) is 0.265. The first-order valence-electron chi connectivity index (χ1n) is 15.6. The van der Waals surface area contributed by atoms with Crippen molar-refractivity contribution in [3.63, 3.8) is 0 Å². The summed E-state index contributed by atoms with van der Waals surface area (Å²) in [6.45, 7) is 5.34. The van der Waals surface area contributed by atoms with Crippen molar-refractivity contribution in [1.29, 1.82) is 0 Å². The van der Waals surface area contributed by atoms with E-state index in [-0.39, 0.29) is 29.5 Å². The van der Waals surface area contributed by atoms with Crippen molar-refractivity contribution < 1.29 is 32.2 Å². The molecule has 0 aliphatic heterocycles. The minimum atomic E-state index is -4.34. The summed E-state index contributed by atoms with van der Waals surface area (Å²) in [5, 5.41) is 2.87. The molecule has 0 spiro atoms. The normalized spacial score (nSPS) is 11.7. The van der Waals surface area contributed by atoms with Crippen molar-refractivity contribution >= 4 is 27.5 Å². The zero-order valence-electron chi connectivity index (χ0n) is 28.2. The molecule has 0 saturated heterocycles. The maximum absolute atomic E-state index is 14.7. The van der Waals surface area contributed by atoms with Gasteiger partial charge in [0.05, 0.1) is 31.9 Å². The number of carbonyl (C=O) groups excluding carboxylic acids is 2. The van der Waals surface area contributed by atoms with Crippen LogP contribution in [0.2, 0.25) is 0 Å². The largest absolute Gasteiger partial charge is 0.497 e. The highest BCUT2D eigenvalue weighted by molar-refractivity contribution is 7.92. The van der Waals surface area contributed by atoms with Crippen LogP contribution in [0.5, 0.6) is 17.2 Å². The van der Waals surface area contributed by atoms with Gasteiger partial charge < -0.3 is 24.4 Å². The Kier molecular flexibility index (Phi) is 12.1. The van der Waals surface area contributed by atoms with Crippen molar-refractivity contribution in [2.24, 2.45) is 0 Å². The van der Waals surface area contributed by atoms with Crippen LogP contribution in [0.1, 0.15) is 29.2 Å². The lowest BCUT2D eigenvalue weighted by Crippen LogP contribution is -2.53. The minimum absolute atomic E-state index is 0.0295. The quantitative estimate of drug-likeness (QED) is 0.182. The molecule has 4 rings (SSSR count). The Morgan fingerprint density at radius 3 is 2.06 bits per heavy atom. The molecule has 0 unspecified atom stereocenters. The van der Waals surface area contributed by atoms with Gasteiger partial charge >= 0.3 is 0 Å². The van der Waals surface area contributed by atoms with Gasteiger partial charge in [-0.05, 0) is 79.4 Å². The van der Waals surface area contributed by atoms with Crippen molar-refractivity contribution in [3.05, 3.63) is 113 Å². The number of hydrogen-bond acceptors (Lipinski definition) is 7. The van der Waals surface area contributed by atoms with Gasteiger partial charge in [-0.3, -0.25) is 13.9 Å². The summed E-state index contributed by atoms with van der Waals surface area (Å²) in [4.78, 5) is 29.7. The molecule has 4 aromatic carbocycles. The molecule has 0 aromatic heterocycles. The highest BCUT2D eigenvalue weighted by Crippen LogP contribution is 2.33. The second-order valence-corrected chi connectivity index (χ2v) is 13.2. The number of likely N-dealkylation sites (N-methyl/N-ethyl adjacent to an activating group) is 1. The Morgan fingerprint density at radius 1 is 0.771 bits per heavy atom. The average Bonchev–Trinajstić information content (AvgIpc) is 3.08. The van der Waals surface area contributed by atoms with Crippen LogP contribution in [0.4, 0.5) is 5.69 Å². The Labute approximate surface area is 283 Å². The zero-order valence-corrected chi connectivity index (χ0v) is 29.0. The van der Waals surface area contributed by atoms with Crippen LogP contribution in [0.25, 0.3) is 0 Å². The van der Waals surface area contributed by atoms with Gasteiger partial charge in [0.25, 0.3) is 10.0 Å². The van der Waals surface area contributed by atoms with Crippen molar-refractivity contribution in [1.82, 2.24) is 10.2 Å². The summed E-state index contributed by atoms with van der Waals surface area (Å²) in [6, 6.07) is 25.3. The van der Waals surface area contributed by atoms with Gasteiger partial charge in [-0.1, -0.05) is 48.5 Å². The molecule has 0 fully saturated rings. The van der Waals surface area contributed by atoms with Gasteiger partial charge in [0.2, 0.25) is 11.8 Å². The highest BCUT2D eigenvalue weighted by atomic mass is 32.2. The fraction of sp³-hybridized carbons (Fsp3) is 0.297. The second kappa shape index (κ2) is 16.2. The number of rotatable bonds is 15. The molecule has 0 saturated carbocycles. The molecule has 0 radical (unpaired) electrons. The SMILES string of the molecule is CCNC(=O)[C@H](Cc1ccccc1)N(Cc1cccc(OC)c1)C(=O)CN(c1cc(C)cc(C)c1)S(=O)(=O)c1ccc(OC)c(OC)c1. The number of hydrogen-bond donors (Lipinski definition) is 1. The van der Waals surface area contributed by atoms with Crippen molar-refractivity contribution in [2.45, 2.75) is 44.7 Å². The monoisotopic (exact) mass is 673 g/mol. The summed E-state index contributed by atoms with van der Waals surface area (Å²) < 4.78 is 46.2. The highest BCUT2D eigenvalue weighted by Gasteiger charge is 2.35. The third-order valence-corrected chi connectivity index (χ3v) is 9.60.